The Morgan fingerprint density at radius 3 is 2.55 bits per heavy atom. The Labute approximate surface area is 121 Å². The summed E-state index contributed by atoms with van der Waals surface area (Å²) in [5.41, 5.74) is 2.71. The second-order valence-electron chi connectivity index (χ2n) is 6.85. The molecular formula is C17H24O3. The zero-order valence-corrected chi connectivity index (χ0v) is 13.1. The van der Waals surface area contributed by atoms with Crippen molar-refractivity contribution in [2.75, 3.05) is 7.11 Å². The lowest BCUT2D eigenvalue weighted by atomic mass is 9.54. The maximum atomic E-state index is 12.3. The molecule has 0 aromatic carbocycles. The van der Waals surface area contributed by atoms with E-state index in [0.717, 1.165) is 30.4 Å². The van der Waals surface area contributed by atoms with Gasteiger partial charge in [-0.1, -0.05) is 32.8 Å². The van der Waals surface area contributed by atoms with Gasteiger partial charge < -0.3 is 4.74 Å². The van der Waals surface area contributed by atoms with E-state index >= 15 is 0 Å². The average Bonchev–Trinajstić information content (AvgIpc) is 2.37. The molecule has 0 radical (unpaired) electrons. The monoisotopic (exact) mass is 276 g/mol. The lowest BCUT2D eigenvalue weighted by Crippen LogP contribution is -2.40. The molecule has 0 aliphatic heterocycles. The quantitative estimate of drug-likeness (QED) is 0.724. The first-order valence-electron chi connectivity index (χ1n) is 7.26. The van der Waals surface area contributed by atoms with Gasteiger partial charge in [0.05, 0.1) is 13.5 Å². The van der Waals surface area contributed by atoms with E-state index in [1.165, 1.54) is 12.7 Å². The van der Waals surface area contributed by atoms with Gasteiger partial charge in [-0.2, -0.15) is 0 Å². The van der Waals surface area contributed by atoms with Crippen LogP contribution < -0.4 is 0 Å². The van der Waals surface area contributed by atoms with Crippen molar-refractivity contribution >= 4 is 11.8 Å². The molecule has 20 heavy (non-hydrogen) atoms. The van der Waals surface area contributed by atoms with E-state index in [-0.39, 0.29) is 29.0 Å². The van der Waals surface area contributed by atoms with Crippen molar-refractivity contribution in [2.45, 2.75) is 53.4 Å². The molecule has 0 spiro atoms. The number of ketones is 1. The molecule has 3 nitrogen and oxygen atoms in total. The Bertz CT molecular complexity index is 522. The minimum atomic E-state index is -0.266. The molecule has 0 bridgehead atoms. The van der Waals surface area contributed by atoms with E-state index in [4.69, 9.17) is 4.74 Å². The predicted octanol–water partition coefficient (Wildman–Crippen LogP) is 3.59. The lowest BCUT2D eigenvalue weighted by Gasteiger charge is -2.49. The number of hydrogen-bond donors (Lipinski definition) is 0. The third-order valence-electron chi connectivity index (χ3n) is 5.11. The standard InChI is InChI=1S/C17H24O3/c1-11-12(9-15(19)20-5)17(4)8-6-7-16(2,3)14(17)10-13(11)18/h10H,6-9H2,1-5H3/t17-/m1/s1. The largest absolute Gasteiger partial charge is 0.469 e. The van der Waals surface area contributed by atoms with Crippen LogP contribution in [0.3, 0.4) is 0 Å². The van der Waals surface area contributed by atoms with Gasteiger partial charge in [0.15, 0.2) is 5.78 Å². The van der Waals surface area contributed by atoms with Gasteiger partial charge in [-0.05, 0) is 42.4 Å². The van der Waals surface area contributed by atoms with E-state index in [1.807, 2.05) is 13.0 Å². The summed E-state index contributed by atoms with van der Waals surface area (Å²) in [5.74, 6) is -0.218. The Morgan fingerprint density at radius 1 is 1.30 bits per heavy atom. The highest BCUT2D eigenvalue weighted by molar-refractivity contribution is 6.07. The number of fused-ring (bicyclic) bond motifs is 1. The molecule has 3 heteroatoms. The summed E-state index contributed by atoms with van der Waals surface area (Å²) in [7, 11) is 1.40. The molecule has 0 amide bonds. The summed E-state index contributed by atoms with van der Waals surface area (Å²) >= 11 is 0. The molecular weight excluding hydrogens is 252 g/mol. The molecule has 0 unspecified atom stereocenters. The van der Waals surface area contributed by atoms with Gasteiger partial charge in [0.2, 0.25) is 0 Å². The molecule has 110 valence electrons. The highest BCUT2D eigenvalue weighted by Gasteiger charge is 2.47. The summed E-state index contributed by atoms with van der Waals surface area (Å²) < 4.78 is 4.81. The average molecular weight is 276 g/mol. The minimum absolute atomic E-state index is 0.0186. The van der Waals surface area contributed by atoms with Gasteiger partial charge in [0, 0.05) is 5.41 Å². The van der Waals surface area contributed by atoms with Crippen molar-refractivity contribution in [3.05, 3.63) is 22.8 Å². The van der Waals surface area contributed by atoms with Gasteiger partial charge >= 0.3 is 5.97 Å². The summed E-state index contributed by atoms with van der Waals surface area (Å²) in [4.78, 5) is 24.0. The second kappa shape index (κ2) is 4.87. The number of methoxy groups -OCH3 is 1. The molecule has 2 aliphatic rings. The number of allylic oxidation sites excluding steroid dienone is 3. The SMILES string of the molecule is COC(=O)CC1=C(C)C(=O)C=C2C(C)(C)CCC[C@@]21C. The molecule has 0 N–H and O–H groups in total. The predicted molar refractivity (Wildman–Crippen MR) is 78.2 cm³/mol. The van der Waals surface area contributed by atoms with Crippen LogP contribution in [0, 0.1) is 10.8 Å². The van der Waals surface area contributed by atoms with Gasteiger partial charge in [-0.25, -0.2) is 0 Å². The minimum Gasteiger partial charge on any atom is -0.469 e. The molecule has 0 aromatic rings. The molecule has 2 rings (SSSR count). The fourth-order valence-electron chi connectivity index (χ4n) is 3.91. The molecule has 0 aromatic heterocycles. The maximum absolute atomic E-state index is 12.3. The first-order valence-corrected chi connectivity index (χ1v) is 7.26. The highest BCUT2D eigenvalue weighted by Crippen LogP contribution is 2.57. The van der Waals surface area contributed by atoms with E-state index in [0.29, 0.717) is 0 Å². The van der Waals surface area contributed by atoms with Crippen LogP contribution in [-0.4, -0.2) is 18.9 Å². The number of hydrogen-bond acceptors (Lipinski definition) is 3. The molecule has 0 heterocycles. The van der Waals surface area contributed by atoms with Crippen LogP contribution >= 0.6 is 0 Å². The third kappa shape index (κ3) is 2.23. The van der Waals surface area contributed by atoms with Crippen molar-refractivity contribution < 1.29 is 14.3 Å². The topological polar surface area (TPSA) is 43.4 Å². The van der Waals surface area contributed by atoms with Gasteiger partial charge in [-0.3, -0.25) is 9.59 Å². The molecule has 1 atom stereocenters. The van der Waals surface area contributed by atoms with E-state index < -0.39 is 0 Å². The number of esters is 1. The van der Waals surface area contributed by atoms with Crippen LogP contribution in [0.1, 0.15) is 53.4 Å². The second-order valence-corrected chi connectivity index (χ2v) is 6.85. The zero-order valence-electron chi connectivity index (χ0n) is 13.1. The molecule has 0 saturated heterocycles. The fraction of sp³-hybridized carbons (Fsp3) is 0.647. The van der Waals surface area contributed by atoms with Crippen molar-refractivity contribution in [1.29, 1.82) is 0 Å². The maximum Gasteiger partial charge on any atom is 0.309 e. The van der Waals surface area contributed by atoms with E-state index in [2.05, 4.69) is 20.8 Å². The Kier molecular flexibility index (Phi) is 3.66. The molecule has 2 aliphatic carbocycles. The molecule has 1 fully saturated rings. The summed E-state index contributed by atoms with van der Waals surface area (Å²) in [5, 5.41) is 0. The van der Waals surface area contributed by atoms with Crippen LogP contribution in [0.25, 0.3) is 0 Å². The van der Waals surface area contributed by atoms with Gasteiger partial charge in [0.25, 0.3) is 0 Å². The third-order valence-corrected chi connectivity index (χ3v) is 5.11. The first-order chi connectivity index (χ1) is 9.22. The summed E-state index contributed by atoms with van der Waals surface area (Å²) in [6.45, 7) is 8.40. The van der Waals surface area contributed by atoms with Crippen LogP contribution in [0.15, 0.2) is 22.8 Å². The van der Waals surface area contributed by atoms with E-state index in [1.54, 1.807) is 0 Å². The zero-order chi connectivity index (χ0) is 15.1. The van der Waals surface area contributed by atoms with Crippen LogP contribution in [-0.2, 0) is 14.3 Å². The van der Waals surface area contributed by atoms with Gasteiger partial charge in [0.1, 0.15) is 0 Å². The Morgan fingerprint density at radius 2 is 1.95 bits per heavy atom. The molecule has 1 saturated carbocycles. The number of rotatable bonds is 2. The van der Waals surface area contributed by atoms with Crippen LogP contribution in [0.4, 0.5) is 0 Å². The summed E-state index contributed by atoms with van der Waals surface area (Å²) in [6.07, 6.45) is 5.24. The Balaban J connectivity index is 2.51. The summed E-state index contributed by atoms with van der Waals surface area (Å²) in [6, 6.07) is 0. The normalized spacial score (nSPS) is 28.9. The Hall–Kier alpha value is -1.38. The van der Waals surface area contributed by atoms with Crippen molar-refractivity contribution in [3.8, 4) is 0 Å². The van der Waals surface area contributed by atoms with E-state index in [9.17, 15) is 9.59 Å². The van der Waals surface area contributed by atoms with Crippen molar-refractivity contribution in [1.82, 2.24) is 0 Å². The smallest absolute Gasteiger partial charge is 0.309 e. The van der Waals surface area contributed by atoms with Crippen molar-refractivity contribution in [2.24, 2.45) is 10.8 Å². The van der Waals surface area contributed by atoms with Crippen LogP contribution in [0.5, 0.6) is 0 Å². The number of carbonyl (C=O) groups excluding carboxylic acids is 2. The van der Waals surface area contributed by atoms with Crippen molar-refractivity contribution in [3.63, 3.8) is 0 Å². The lowest BCUT2D eigenvalue weighted by molar-refractivity contribution is -0.140. The first kappa shape index (κ1) is 15.0. The van der Waals surface area contributed by atoms with Gasteiger partial charge in [-0.15, -0.1) is 0 Å². The number of carbonyl (C=O) groups is 2. The highest BCUT2D eigenvalue weighted by atomic mass is 16.5. The fourth-order valence-corrected chi connectivity index (χ4v) is 3.91. The van der Waals surface area contributed by atoms with Crippen LogP contribution in [0.2, 0.25) is 0 Å². The number of ether oxygens (including phenoxy) is 1.